The van der Waals surface area contributed by atoms with Crippen LogP contribution in [0.3, 0.4) is 0 Å². The molecule has 3 rings (SSSR count). The molecule has 0 radical (unpaired) electrons. The lowest BCUT2D eigenvalue weighted by atomic mass is 9.91. The monoisotopic (exact) mass is 305 g/mol. The summed E-state index contributed by atoms with van der Waals surface area (Å²) in [6.45, 7) is 3.00. The Balaban J connectivity index is 1.91. The fourth-order valence-corrected chi connectivity index (χ4v) is 3.43. The molecule has 1 fully saturated rings. The van der Waals surface area contributed by atoms with Crippen LogP contribution in [-0.2, 0) is 6.18 Å². The normalized spacial score (nSPS) is 24.4. The highest BCUT2D eigenvalue weighted by atomic mass is 32.1. The van der Waals surface area contributed by atoms with E-state index in [0.29, 0.717) is 10.9 Å². The number of hydrogen-bond donors (Lipinski definition) is 1. The van der Waals surface area contributed by atoms with E-state index in [9.17, 15) is 13.2 Å². The van der Waals surface area contributed by atoms with Gasteiger partial charge in [-0.05, 0) is 25.3 Å². The lowest BCUT2D eigenvalue weighted by molar-refractivity contribution is -0.146. The molecule has 0 aromatic carbocycles. The van der Waals surface area contributed by atoms with Crippen molar-refractivity contribution in [3.05, 3.63) is 10.8 Å². The molecule has 1 aliphatic heterocycles. The number of nitrogens with zero attached hydrogens (tertiary/aromatic N) is 4. The third-order valence-corrected chi connectivity index (χ3v) is 4.66. The Labute approximate surface area is 117 Å². The first-order chi connectivity index (χ1) is 9.49. The molecule has 3 heterocycles. The zero-order valence-corrected chi connectivity index (χ0v) is 11.6. The third-order valence-electron chi connectivity index (χ3n) is 3.65. The highest BCUT2D eigenvalue weighted by Crippen LogP contribution is 2.33. The van der Waals surface area contributed by atoms with Crippen molar-refractivity contribution in [3.8, 4) is 0 Å². The SMILES string of the molecule is CCC1CCNC(c2nn3c(C(F)(F)F)nnc3s2)C1. The van der Waals surface area contributed by atoms with E-state index in [-0.39, 0.29) is 11.0 Å². The smallest absolute Gasteiger partial charge is 0.308 e. The van der Waals surface area contributed by atoms with Crippen LogP contribution in [0.5, 0.6) is 0 Å². The summed E-state index contributed by atoms with van der Waals surface area (Å²) < 4.78 is 39.0. The molecule has 1 aliphatic rings. The van der Waals surface area contributed by atoms with Gasteiger partial charge in [-0.15, -0.1) is 10.2 Å². The third kappa shape index (κ3) is 2.39. The van der Waals surface area contributed by atoms with Gasteiger partial charge in [-0.25, -0.2) is 0 Å². The minimum absolute atomic E-state index is 0.0153. The summed E-state index contributed by atoms with van der Waals surface area (Å²) in [6, 6.07) is 0.0153. The number of rotatable bonds is 2. The number of fused-ring (bicyclic) bond motifs is 1. The predicted octanol–water partition coefficient (Wildman–Crippen LogP) is 2.66. The topological polar surface area (TPSA) is 55.1 Å². The number of nitrogens with one attached hydrogen (secondary N) is 1. The van der Waals surface area contributed by atoms with Gasteiger partial charge >= 0.3 is 6.18 Å². The van der Waals surface area contributed by atoms with E-state index < -0.39 is 12.0 Å². The zero-order valence-electron chi connectivity index (χ0n) is 10.8. The second-order valence-corrected chi connectivity index (χ2v) is 5.95. The van der Waals surface area contributed by atoms with Gasteiger partial charge in [-0.2, -0.15) is 22.8 Å². The molecule has 0 spiro atoms. The summed E-state index contributed by atoms with van der Waals surface area (Å²) in [5, 5.41) is 14.7. The van der Waals surface area contributed by atoms with Crippen LogP contribution >= 0.6 is 11.3 Å². The molecule has 0 aliphatic carbocycles. The Morgan fingerprint density at radius 3 is 2.90 bits per heavy atom. The van der Waals surface area contributed by atoms with Crippen molar-refractivity contribution in [2.75, 3.05) is 6.54 Å². The molecule has 1 N–H and O–H groups in total. The summed E-state index contributed by atoms with van der Waals surface area (Å²) >= 11 is 1.17. The number of piperidine rings is 1. The van der Waals surface area contributed by atoms with Crippen molar-refractivity contribution < 1.29 is 13.2 Å². The van der Waals surface area contributed by atoms with E-state index >= 15 is 0 Å². The van der Waals surface area contributed by atoms with Crippen molar-refractivity contribution in [2.45, 2.75) is 38.4 Å². The molecule has 5 nitrogen and oxygen atoms in total. The van der Waals surface area contributed by atoms with E-state index in [2.05, 4.69) is 27.5 Å². The molecule has 2 unspecified atom stereocenters. The summed E-state index contributed by atoms with van der Waals surface area (Å²) in [6.07, 6.45) is -1.44. The Bertz CT molecular complexity index is 605. The molecule has 2 aromatic rings. The van der Waals surface area contributed by atoms with Gasteiger partial charge in [0.05, 0.1) is 6.04 Å². The van der Waals surface area contributed by atoms with Crippen LogP contribution in [0.1, 0.15) is 43.1 Å². The maximum Gasteiger partial charge on any atom is 0.453 e. The van der Waals surface area contributed by atoms with Crippen LogP contribution in [0.15, 0.2) is 0 Å². The van der Waals surface area contributed by atoms with E-state index in [4.69, 9.17) is 0 Å². The highest BCUT2D eigenvalue weighted by Gasteiger charge is 2.38. The van der Waals surface area contributed by atoms with E-state index in [0.717, 1.165) is 30.3 Å². The quantitative estimate of drug-likeness (QED) is 0.927. The van der Waals surface area contributed by atoms with Crippen LogP contribution in [0, 0.1) is 5.92 Å². The van der Waals surface area contributed by atoms with Crippen LogP contribution in [0.2, 0.25) is 0 Å². The summed E-state index contributed by atoms with van der Waals surface area (Å²) in [7, 11) is 0. The molecule has 2 aromatic heterocycles. The van der Waals surface area contributed by atoms with Crippen LogP contribution < -0.4 is 5.32 Å². The van der Waals surface area contributed by atoms with Crippen molar-refractivity contribution in [3.63, 3.8) is 0 Å². The molecular weight excluding hydrogens is 291 g/mol. The molecule has 110 valence electrons. The van der Waals surface area contributed by atoms with Gasteiger partial charge in [-0.3, -0.25) is 0 Å². The molecule has 9 heteroatoms. The largest absolute Gasteiger partial charge is 0.453 e. The number of halogens is 3. The Hall–Kier alpha value is -1.22. The van der Waals surface area contributed by atoms with Crippen molar-refractivity contribution >= 4 is 16.3 Å². The molecule has 2 atom stereocenters. The number of aromatic nitrogens is 4. The minimum Gasteiger partial charge on any atom is -0.308 e. The predicted molar refractivity (Wildman–Crippen MR) is 67.4 cm³/mol. The van der Waals surface area contributed by atoms with Crippen molar-refractivity contribution in [2.24, 2.45) is 5.92 Å². The average Bonchev–Trinajstić information content (AvgIpc) is 2.97. The highest BCUT2D eigenvalue weighted by molar-refractivity contribution is 7.16. The van der Waals surface area contributed by atoms with E-state index in [1.807, 2.05) is 0 Å². The van der Waals surface area contributed by atoms with Crippen molar-refractivity contribution in [1.82, 2.24) is 25.1 Å². The molecule has 1 saturated heterocycles. The van der Waals surface area contributed by atoms with Gasteiger partial charge in [0.25, 0.3) is 5.82 Å². The van der Waals surface area contributed by atoms with Gasteiger partial charge in [0.2, 0.25) is 4.96 Å². The summed E-state index contributed by atoms with van der Waals surface area (Å²) in [4.78, 5) is 0.188. The van der Waals surface area contributed by atoms with Gasteiger partial charge in [0, 0.05) is 0 Å². The first-order valence-electron chi connectivity index (χ1n) is 6.51. The summed E-state index contributed by atoms with van der Waals surface area (Å²) in [5.74, 6) is -0.462. The number of alkyl halides is 3. The molecule has 0 saturated carbocycles. The lowest BCUT2D eigenvalue weighted by Gasteiger charge is -2.28. The second-order valence-electron chi connectivity index (χ2n) is 4.96. The zero-order chi connectivity index (χ0) is 14.3. The Morgan fingerprint density at radius 1 is 1.40 bits per heavy atom. The summed E-state index contributed by atoms with van der Waals surface area (Å²) in [5.41, 5.74) is 0. The van der Waals surface area contributed by atoms with Gasteiger partial charge in [0.15, 0.2) is 0 Å². The van der Waals surface area contributed by atoms with Crippen molar-refractivity contribution in [1.29, 1.82) is 0 Å². The first-order valence-corrected chi connectivity index (χ1v) is 7.33. The fourth-order valence-electron chi connectivity index (χ4n) is 2.50. The molecule has 20 heavy (non-hydrogen) atoms. The Morgan fingerprint density at radius 2 is 2.20 bits per heavy atom. The second kappa shape index (κ2) is 4.96. The lowest BCUT2D eigenvalue weighted by Crippen LogP contribution is -2.31. The van der Waals surface area contributed by atoms with E-state index in [1.165, 1.54) is 11.3 Å². The van der Waals surface area contributed by atoms with Crippen LogP contribution in [-0.4, -0.2) is 26.4 Å². The maximum atomic E-state index is 12.7. The van der Waals surface area contributed by atoms with Gasteiger partial charge < -0.3 is 5.32 Å². The van der Waals surface area contributed by atoms with Gasteiger partial charge in [-0.1, -0.05) is 24.7 Å². The molecular formula is C11H14F3N5S. The minimum atomic E-state index is -4.53. The van der Waals surface area contributed by atoms with Gasteiger partial charge in [0.1, 0.15) is 5.01 Å². The van der Waals surface area contributed by atoms with Crippen LogP contribution in [0.4, 0.5) is 13.2 Å². The molecule has 0 bridgehead atoms. The first kappa shape index (κ1) is 13.7. The Kier molecular flexibility index (Phi) is 3.41. The molecule has 0 amide bonds. The van der Waals surface area contributed by atoms with E-state index in [1.54, 1.807) is 0 Å². The number of hydrogen-bond acceptors (Lipinski definition) is 5. The maximum absolute atomic E-state index is 12.7. The standard InChI is InChI=1S/C11H14F3N5S/c1-2-6-3-4-15-7(5-6)8-18-19-9(11(12,13)14)16-17-10(19)20-8/h6-7,15H,2-5H2,1H3. The average molecular weight is 305 g/mol. The van der Waals surface area contributed by atoms with Crippen LogP contribution in [0.25, 0.3) is 4.96 Å². The fraction of sp³-hybridized carbons (Fsp3) is 0.727.